The van der Waals surface area contributed by atoms with E-state index in [9.17, 15) is 0 Å². The van der Waals surface area contributed by atoms with Gasteiger partial charge >= 0.3 is 0 Å². The Labute approximate surface area is 214 Å². The van der Waals surface area contributed by atoms with Gasteiger partial charge in [-0.3, -0.25) is 0 Å². The van der Waals surface area contributed by atoms with Gasteiger partial charge in [0.2, 0.25) is 0 Å². The second kappa shape index (κ2) is 12.7. The van der Waals surface area contributed by atoms with E-state index in [1.54, 1.807) is 0 Å². The van der Waals surface area contributed by atoms with Crippen LogP contribution in [0.25, 0.3) is 12.2 Å². The highest BCUT2D eigenvalue weighted by atomic mass is 16.5. The molecular formula is C34H28O2. The second-order valence-corrected chi connectivity index (χ2v) is 7.99. The summed E-state index contributed by atoms with van der Waals surface area (Å²) in [7, 11) is 0. The standard InChI is InChI=1S/C34H28O2/c1-3-35-33-23-19-31(20-24-33)17-15-29-11-7-27(8-12-29)5-6-28-9-13-30(14-10-28)16-18-32-21-25-34(26-22-32)36-4-2/h5-14,19-26H,3-4H2,1-2H3. The minimum absolute atomic E-state index is 0.664. The van der Waals surface area contributed by atoms with Crippen LogP contribution in [0.5, 0.6) is 11.5 Å². The Balaban J connectivity index is 1.33. The maximum atomic E-state index is 5.47. The van der Waals surface area contributed by atoms with E-state index in [0.717, 1.165) is 44.9 Å². The lowest BCUT2D eigenvalue weighted by Crippen LogP contribution is -1.90. The van der Waals surface area contributed by atoms with Crippen LogP contribution in [-0.4, -0.2) is 13.2 Å². The molecule has 176 valence electrons. The molecule has 36 heavy (non-hydrogen) atoms. The number of benzene rings is 4. The summed E-state index contributed by atoms with van der Waals surface area (Å²) in [6, 6.07) is 32.2. The van der Waals surface area contributed by atoms with Crippen LogP contribution in [0, 0.1) is 23.7 Å². The number of rotatable bonds is 6. The van der Waals surface area contributed by atoms with Gasteiger partial charge in [0.1, 0.15) is 11.5 Å². The van der Waals surface area contributed by atoms with E-state index in [1.807, 2.05) is 86.6 Å². The third-order valence-electron chi connectivity index (χ3n) is 5.32. The van der Waals surface area contributed by atoms with E-state index in [1.165, 1.54) is 0 Å². The van der Waals surface area contributed by atoms with Gasteiger partial charge in [0.25, 0.3) is 0 Å². The van der Waals surface area contributed by atoms with Crippen LogP contribution in [0.4, 0.5) is 0 Å². The van der Waals surface area contributed by atoms with Crippen LogP contribution in [-0.2, 0) is 0 Å². The predicted octanol–water partition coefficient (Wildman–Crippen LogP) is 7.45. The zero-order valence-corrected chi connectivity index (χ0v) is 20.6. The minimum Gasteiger partial charge on any atom is -0.494 e. The fraction of sp³-hybridized carbons (Fsp3) is 0.118. The summed E-state index contributed by atoms with van der Waals surface area (Å²) in [5.74, 6) is 14.6. The lowest BCUT2D eigenvalue weighted by molar-refractivity contribution is 0.340. The van der Waals surface area contributed by atoms with E-state index < -0.39 is 0 Å². The molecule has 0 atom stereocenters. The first-order valence-corrected chi connectivity index (χ1v) is 12.1. The fourth-order valence-electron chi connectivity index (χ4n) is 3.44. The molecule has 0 aliphatic carbocycles. The smallest absolute Gasteiger partial charge is 0.119 e. The van der Waals surface area contributed by atoms with Crippen LogP contribution >= 0.6 is 0 Å². The molecule has 0 fully saturated rings. The van der Waals surface area contributed by atoms with Crippen LogP contribution in [0.15, 0.2) is 97.1 Å². The van der Waals surface area contributed by atoms with Gasteiger partial charge in [0, 0.05) is 22.3 Å². The minimum atomic E-state index is 0.664. The molecule has 0 aliphatic rings. The molecule has 0 bridgehead atoms. The molecule has 0 aliphatic heterocycles. The monoisotopic (exact) mass is 468 g/mol. The van der Waals surface area contributed by atoms with Crippen LogP contribution in [0.2, 0.25) is 0 Å². The molecule has 0 aromatic heterocycles. The van der Waals surface area contributed by atoms with Gasteiger partial charge < -0.3 is 9.47 Å². The van der Waals surface area contributed by atoms with Crippen LogP contribution in [0.3, 0.4) is 0 Å². The van der Waals surface area contributed by atoms with Crippen molar-refractivity contribution in [1.82, 2.24) is 0 Å². The van der Waals surface area contributed by atoms with E-state index in [4.69, 9.17) is 9.47 Å². The van der Waals surface area contributed by atoms with E-state index in [-0.39, 0.29) is 0 Å². The van der Waals surface area contributed by atoms with Gasteiger partial charge in [-0.25, -0.2) is 0 Å². The lowest BCUT2D eigenvalue weighted by Gasteiger charge is -2.01. The van der Waals surface area contributed by atoms with Crippen molar-refractivity contribution in [2.45, 2.75) is 13.8 Å². The zero-order valence-electron chi connectivity index (χ0n) is 20.6. The van der Waals surface area contributed by atoms with Crippen molar-refractivity contribution in [1.29, 1.82) is 0 Å². The van der Waals surface area contributed by atoms with Crippen molar-refractivity contribution in [2.24, 2.45) is 0 Å². The van der Waals surface area contributed by atoms with Crippen molar-refractivity contribution < 1.29 is 9.47 Å². The molecule has 2 nitrogen and oxygen atoms in total. The Bertz CT molecular complexity index is 1290. The molecule has 4 aromatic rings. The Morgan fingerprint density at radius 2 is 0.722 bits per heavy atom. The lowest BCUT2D eigenvalue weighted by atomic mass is 10.1. The van der Waals surface area contributed by atoms with Crippen molar-refractivity contribution in [3.8, 4) is 35.2 Å². The van der Waals surface area contributed by atoms with Gasteiger partial charge in [-0.15, -0.1) is 0 Å². The largest absolute Gasteiger partial charge is 0.494 e. The second-order valence-electron chi connectivity index (χ2n) is 7.99. The summed E-state index contributed by atoms with van der Waals surface area (Å²) in [4.78, 5) is 0. The molecule has 0 heterocycles. The summed E-state index contributed by atoms with van der Waals surface area (Å²) in [6.45, 7) is 5.28. The molecule has 0 radical (unpaired) electrons. The topological polar surface area (TPSA) is 18.5 Å². The molecule has 4 aromatic carbocycles. The highest BCUT2D eigenvalue weighted by Gasteiger charge is 1.95. The molecule has 0 saturated carbocycles. The third kappa shape index (κ3) is 7.42. The first kappa shape index (κ1) is 24.5. The molecule has 0 N–H and O–H groups in total. The van der Waals surface area contributed by atoms with E-state index >= 15 is 0 Å². The fourth-order valence-corrected chi connectivity index (χ4v) is 3.44. The Morgan fingerprint density at radius 1 is 0.444 bits per heavy atom. The quantitative estimate of drug-likeness (QED) is 0.216. The SMILES string of the molecule is CCOc1ccc(C#Cc2ccc(C=Cc3ccc(C#Cc4ccc(OCC)cc4)cc3)cc2)cc1. The van der Waals surface area contributed by atoms with Crippen molar-refractivity contribution in [3.05, 3.63) is 130 Å². The van der Waals surface area contributed by atoms with E-state index in [2.05, 4.69) is 60.1 Å². The number of ether oxygens (including phenoxy) is 2. The van der Waals surface area contributed by atoms with Gasteiger partial charge in [0.05, 0.1) is 13.2 Å². The molecule has 0 saturated heterocycles. The third-order valence-corrected chi connectivity index (χ3v) is 5.32. The zero-order chi connectivity index (χ0) is 25.0. The summed E-state index contributed by atoms with van der Waals surface area (Å²) in [6.07, 6.45) is 4.20. The Morgan fingerprint density at radius 3 is 1.00 bits per heavy atom. The first-order valence-electron chi connectivity index (χ1n) is 12.1. The average molecular weight is 469 g/mol. The maximum absolute atomic E-state index is 5.47. The van der Waals surface area contributed by atoms with Crippen LogP contribution < -0.4 is 9.47 Å². The molecule has 4 rings (SSSR count). The number of hydrogen-bond donors (Lipinski definition) is 0. The highest BCUT2D eigenvalue weighted by molar-refractivity contribution is 5.70. The Kier molecular flexibility index (Phi) is 8.63. The highest BCUT2D eigenvalue weighted by Crippen LogP contribution is 2.14. The van der Waals surface area contributed by atoms with Gasteiger partial charge in [0.15, 0.2) is 0 Å². The van der Waals surface area contributed by atoms with Gasteiger partial charge in [-0.2, -0.15) is 0 Å². The molecule has 2 heteroatoms. The van der Waals surface area contributed by atoms with Gasteiger partial charge in [-0.05, 0) is 97.8 Å². The Hall–Kier alpha value is -4.66. The summed E-state index contributed by atoms with van der Waals surface area (Å²) >= 11 is 0. The van der Waals surface area contributed by atoms with Crippen molar-refractivity contribution in [2.75, 3.05) is 13.2 Å². The van der Waals surface area contributed by atoms with Crippen molar-refractivity contribution in [3.63, 3.8) is 0 Å². The molecule has 0 amide bonds. The molecule has 0 unspecified atom stereocenters. The summed E-state index contributed by atoms with van der Waals surface area (Å²) in [5.41, 5.74) is 6.15. The maximum Gasteiger partial charge on any atom is 0.119 e. The normalized spacial score (nSPS) is 10.2. The predicted molar refractivity (Wildman–Crippen MR) is 149 cm³/mol. The average Bonchev–Trinajstić information content (AvgIpc) is 2.93. The van der Waals surface area contributed by atoms with Crippen LogP contribution in [0.1, 0.15) is 47.2 Å². The first-order chi connectivity index (χ1) is 17.7. The van der Waals surface area contributed by atoms with Crippen molar-refractivity contribution >= 4 is 12.2 Å². The molecule has 0 spiro atoms. The molecular weight excluding hydrogens is 440 g/mol. The summed E-state index contributed by atoms with van der Waals surface area (Å²) < 4.78 is 10.9. The summed E-state index contributed by atoms with van der Waals surface area (Å²) in [5, 5.41) is 0. The van der Waals surface area contributed by atoms with Gasteiger partial charge in [-0.1, -0.05) is 60.1 Å². The number of hydrogen-bond acceptors (Lipinski definition) is 2. The van der Waals surface area contributed by atoms with E-state index in [0.29, 0.717) is 13.2 Å².